The molecule has 2 N–H and O–H groups in total. The highest BCUT2D eigenvalue weighted by Crippen LogP contribution is 2.31. The number of ether oxygens (including phenoxy) is 3. The van der Waals surface area contributed by atoms with Crippen LogP contribution >= 0.6 is 18.5 Å². The fourth-order valence-electron chi connectivity index (χ4n) is 3.45. The van der Waals surface area contributed by atoms with Gasteiger partial charge in [0.15, 0.2) is 0 Å². The smallest absolute Gasteiger partial charge is 0.261 e. The molecule has 0 saturated carbocycles. The number of benzene rings is 2. The topological polar surface area (TPSA) is 94.6 Å². The maximum atomic E-state index is 12.8. The zero-order valence-corrected chi connectivity index (χ0v) is 21.7. The zero-order valence-electron chi connectivity index (χ0n) is 19.4. The Morgan fingerprint density at radius 2 is 1.80 bits per heavy atom. The molecule has 2 unspecified atom stereocenters. The minimum Gasteiger partial charge on any atom is -0.496 e. The van der Waals surface area contributed by atoms with Gasteiger partial charge in [-0.3, -0.25) is 14.8 Å². The van der Waals surface area contributed by atoms with E-state index < -0.39 is 0 Å². The molecule has 8 nitrogen and oxygen atoms in total. The van der Waals surface area contributed by atoms with Crippen molar-refractivity contribution in [2.45, 2.75) is 0 Å². The predicted molar refractivity (Wildman–Crippen MR) is 145 cm³/mol. The number of carbonyl (C=O) groups is 1. The monoisotopic (exact) mass is 508 g/mol. The second-order valence-electron chi connectivity index (χ2n) is 7.56. The number of nitrogens with zero attached hydrogens (tertiary/aromatic N) is 2. The van der Waals surface area contributed by atoms with Gasteiger partial charge in [0, 0.05) is 52.9 Å². The fraction of sp³-hybridized carbons (Fsp3) is 0.160. The number of fused-ring (bicyclic) bond motifs is 1. The van der Waals surface area contributed by atoms with Crippen LogP contribution in [0, 0.1) is 0 Å². The van der Waals surface area contributed by atoms with Crippen LogP contribution in [0.4, 0.5) is 5.69 Å². The van der Waals surface area contributed by atoms with Crippen LogP contribution in [0.15, 0.2) is 61.1 Å². The third-order valence-corrected chi connectivity index (χ3v) is 6.01. The number of methoxy groups -OCH3 is 1. The van der Waals surface area contributed by atoms with E-state index in [4.69, 9.17) is 14.2 Å². The van der Waals surface area contributed by atoms with Crippen molar-refractivity contribution >= 4 is 51.6 Å². The van der Waals surface area contributed by atoms with Crippen LogP contribution in [-0.4, -0.2) is 43.2 Å². The number of amides is 1. The van der Waals surface area contributed by atoms with Crippen molar-refractivity contribution in [3.63, 3.8) is 0 Å². The molecule has 0 aliphatic carbocycles. The Morgan fingerprint density at radius 1 is 1.03 bits per heavy atom. The first-order valence-corrected chi connectivity index (χ1v) is 12.0. The summed E-state index contributed by atoms with van der Waals surface area (Å²) in [7, 11) is 8.72. The Bertz CT molecular complexity index is 1340. The minimum absolute atomic E-state index is 0.315. The molecule has 180 valence electrons. The maximum Gasteiger partial charge on any atom is 0.261 e. The van der Waals surface area contributed by atoms with E-state index in [1.807, 2.05) is 43.4 Å². The van der Waals surface area contributed by atoms with Crippen molar-refractivity contribution in [3.05, 3.63) is 66.6 Å². The molecule has 0 aliphatic rings. The van der Waals surface area contributed by atoms with Crippen molar-refractivity contribution < 1.29 is 19.0 Å². The first-order valence-electron chi connectivity index (χ1n) is 10.8. The first-order chi connectivity index (χ1) is 17.0. The highest BCUT2D eigenvalue weighted by Gasteiger charge is 2.15. The van der Waals surface area contributed by atoms with Crippen molar-refractivity contribution in [2.24, 2.45) is 0 Å². The van der Waals surface area contributed by atoms with Crippen LogP contribution in [0.5, 0.6) is 23.0 Å². The Labute approximate surface area is 208 Å². The number of hydrogen-bond acceptors (Lipinski definition) is 7. The second kappa shape index (κ2) is 11.4. The van der Waals surface area contributed by atoms with E-state index >= 15 is 0 Å². The van der Waals surface area contributed by atoms with Crippen LogP contribution < -0.4 is 35.5 Å². The number of rotatable bonds is 9. The summed E-state index contributed by atoms with van der Waals surface area (Å²) in [5, 5.41) is 8.37. The van der Waals surface area contributed by atoms with Gasteiger partial charge in [-0.05, 0) is 43.4 Å². The average Bonchev–Trinajstić information content (AvgIpc) is 2.86. The molecule has 2 aromatic heterocycles. The van der Waals surface area contributed by atoms with E-state index in [0.29, 0.717) is 35.1 Å². The molecule has 35 heavy (non-hydrogen) atoms. The lowest BCUT2D eigenvalue weighted by Crippen LogP contribution is -2.17. The molecule has 0 radical (unpaired) electrons. The quantitative estimate of drug-likeness (QED) is 0.265. The van der Waals surface area contributed by atoms with Gasteiger partial charge >= 0.3 is 0 Å². The molecule has 0 bridgehead atoms. The predicted octanol–water partition coefficient (Wildman–Crippen LogP) is 3.28. The summed E-state index contributed by atoms with van der Waals surface area (Å²) in [6, 6.07) is 12.9. The Morgan fingerprint density at radius 3 is 2.54 bits per heavy atom. The van der Waals surface area contributed by atoms with Crippen LogP contribution in [0.3, 0.4) is 0 Å². The lowest BCUT2D eigenvalue weighted by atomic mass is 10.2. The SMILES string of the molecule is CNCCOc1ccc2c(Oc3c(P)cc(NC(=O)c4cnccc4OC)cc3P)ccnc2c1. The van der Waals surface area contributed by atoms with Gasteiger partial charge in [-0.15, -0.1) is 18.5 Å². The van der Waals surface area contributed by atoms with E-state index in [0.717, 1.165) is 33.8 Å². The average molecular weight is 508 g/mol. The summed E-state index contributed by atoms with van der Waals surface area (Å²) >= 11 is 0. The van der Waals surface area contributed by atoms with Gasteiger partial charge in [0.05, 0.1) is 18.2 Å². The van der Waals surface area contributed by atoms with Crippen molar-refractivity contribution in [3.8, 4) is 23.0 Å². The fourth-order valence-corrected chi connectivity index (χ4v) is 4.43. The maximum absolute atomic E-state index is 12.8. The third kappa shape index (κ3) is 5.85. The first kappa shape index (κ1) is 24.8. The second-order valence-corrected chi connectivity index (χ2v) is 8.80. The van der Waals surface area contributed by atoms with Gasteiger partial charge in [-0.25, -0.2) is 0 Å². The van der Waals surface area contributed by atoms with Crippen LogP contribution in [0.2, 0.25) is 0 Å². The van der Waals surface area contributed by atoms with E-state index in [9.17, 15) is 4.79 Å². The summed E-state index contributed by atoms with van der Waals surface area (Å²) in [6.07, 6.45) is 4.75. The van der Waals surface area contributed by atoms with Crippen molar-refractivity contribution in [2.75, 3.05) is 32.6 Å². The van der Waals surface area contributed by atoms with Gasteiger partial charge in [0.2, 0.25) is 0 Å². The number of aromatic nitrogens is 2. The van der Waals surface area contributed by atoms with Gasteiger partial charge in [0.1, 0.15) is 29.6 Å². The minimum atomic E-state index is -0.315. The zero-order chi connectivity index (χ0) is 24.8. The van der Waals surface area contributed by atoms with Gasteiger partial charge in [0.25, 0.3) is 5.91 Å². The number of anilines is 1. The summed E-state index contributed by atoms with van der Waals surface area (Å²) in [5.41, 5.74) is 1.74. The summed E-state index contributed by atoms with van der Waals surface area (Å²) in [6.45, 7) is 1.33. The highest BCUT2D eigenvalue weighted by molar-refractivity contribution is 7.30. The van der Waals surface area contributed by atoms with Gasteiger partial charge in [-0.2, -0.15) is 0 Å². The lowest BCUT2D eigenvalue weighted by molar-refractivity contribution is 0.102. The molecule has 0 aliphatic heterocycles. The largest absolute Gasteiger partial charge is 0.496 e. The third-order valence-electron chi connectivity index (χ3n) is 5.16. The van der Waals surface area contributed by atoms with Crippen molar-refractivity contribution in [1.82, 2.24) is 15.3 Å². The van der Waals surface area contributed by atoms with Crippen LogP contribution in [0.25, 0.3) is 10.9 Å². The molecule has 0 saturated heterocycles. The molecule has 1 amide bonds. The van der Waals surface area contributed by atoms with E-state index in [1.54, 1.807) is 18.5 Å². The Balaban J connectivity index is 1.56. The number of likely N-dealkylation sites (N-methyl/N-ethyl adjacent to an activating group) is 1. The molecular formula is C25H26N4O4P2. The molecule has 4 rings (SSSR count). The number of pyridine rings is 2. The molecule has 4 aromatic rings. The Kier molecular flexibility index (Phi) is 8.09. The normalized spacial score (nSPS) is 10.7. The van der Waals surface area contributed by atoms with E-state index in [1.165, 1.54) is 13.3 Å². The van der Waals surface area contributed by atoms with Gasteiger partial charge < -0.3 is 24.8 Å². The number of hydrogen-bond donors (Lipinski definition) is 2. The van der Waals surface area contributed by atoms with Crippen LogP contribution in [-0.2, 0) is 0 Å². The van der Waals surface area contributed by atoms with Gasteiger partial charge in [-0.1, -0.05) is 0 Å². The molecule has 10 heteroatoms. The summed E-state index contributed by atoms with van der Waals surface area (Å²) in [5.74, 6) is 2.21. The van der Waals surface area contributed by atoms with Crippen LogP contribution in [0.1, 0.15) is 10.4 Å². The molecule has 0 spiro atoms. The number of nitrogens with one attached hydrogen (secondary N) is 2. The molecular weight excluding hydrogens is 482 g/mol. The standard InChI is InChI=1S/C25H26N4O4P2/c1-26-9-10-32-16-3-4-17-19(13-16)28-8-6-21(17)33-24-22(34)11-15(12-23(24)35)29-25(30)18-14-27-7-5-20(18)31-2/h3-8,11-14,26H,9-10,34-35H2,1-2H3,(H,29,30). The lowest BCUT2D eigenvalue weighted by Gasteiger charge is -2.16. The van der Waals surface area contributed by atoms with E-state index in [-0.39, 0.29) is 5.91 Å². The molecule has 2 atom stereocenters. The highest BCUT2D eigenvalue weighted by atomic mass is 31.0. The van der Waals surface area contributed by atoms with E-state index in [2.05, 4.69) is 39.1 Å². The number of carbonyl (C=O) groups excluding carboxylic acids is 1. The summed E-state index contributed by atoms with van der Waals surface area (Å²) < 4.78 is 17.3. The molecule has 2 heterocycles. The van der Waals surface area contributed by atoms with Crippen molar-refractivity contribution in [1.29, 1.82) is 0 Å². The molecule has 2 aromatic carbocycles. The Hall–Kier alpha value is -3.31. The summed E-state index contributed by atoms with van der Waals surface area (Å²) in [4.78, 5) is 21.2. The molecule has 0 fully saturated rings.